The van der Waals surface area contributed by atoms with Gasteiger partial charge in [0, 0.05) is 18.4 Å². The molecule has 0 radical (unpaired) electrons. The van der Waals surface area contributed by atoms with E-state index in [1.807, 2.05) is 38.1 Å². The first kappa shape index (κ1) is 13.0. The second-order valence-corrected chi connectivity index (χ2v) is 4.22. The van der Waals surface area contributed by atoms with Crippen molar-refractivity contribution in [2.45, 2.75) is 13.8 Å². The zero-order valence-electron chi connectivity index (χ0n) is 11.2. The van der Waals surface area contributed by atoms with Crippen LogP contribution in [0, 0.1) is 13.8 Å². The molecule has 1 aromatic carbocycles. The summed E-state index contributed by atoms with van der Waals surface area (Å²) in [7, 11) is 1.60. The Morgan fingerprint density at radius 3 is 2.37 bits per heavy atom. The lowest BCUT2D eigenvalue weighted by atomic mass is 10.1. The van der Waals surface area contributed by atoms with E-state index in [0.29, 0.717) is 17.2 Å². The van der Waals surface area contributed by atoms with E-state index < -0.39 is 0 Å². The highest BCUT2D eigenvalue weighted by Crippen LogP contribution is 2.18. The van der Waals surface area contributed by atoms with Gasteiger partial charge >= 0.3 is 0 Å². The number of rotatable bonds is 3. The van der Waals surface area contributed by atoms with E-state index in [-0.39, 0.29) is 5.91 Å². The van der Waals surface area contributed by atoms with Crippen molar-refractivity contribution in [3.8, 4) is 0 Å². The Bertz CT molecular complexity index is 590. The lowest BCUT2D eigenvalue weighted by molar-refractivity contribution is 0.0964. The maximum Gasteiger partial charge on any atom is 0.253 e. The van der Waals surface area contributed by atoms with E-state index in [4.69, 9.17) is 0 Å². The summed E-state index contributed by atoms with van der Waals surface area (Å²) in [6.45, 7) is 3.81. The number of hydrogen-bond acceptors (Lipinski definition) is 4. The molecule has 1 amide bonds. The molecule has 0 fully saturated rings. The van der Waals surface area contributed by atoms with Gasteiger partial charge < -0.3 is 10.6 Å². The molecule has 0 aliphatic rings. The Hall–Kier alpha value is -2.43. The molecule has 19 heavy (non-hydrogen) atoms. The first-order valence-corrected chi connectivity index (χ1v) is 6.00. The number of carbonyl (C=O) groups is 1. The van der Waals surface area contributed by atoms with Crippen molar-refractivity contribution >= 4 is 17.5 Å². The average Bonchev–Trinajstić information content (AvgIpc) is 2.37. The van der Waals surface area contributed by atoms with Gasteiger partial charge in [0.1, 0.15) is 0 Å². The van der Waals surface area contributed by atoms with E-state index in [9.17, 15) is 4.79 Å². The Morgan fingerprint density at radius 2 is 1.74 bits per heavy atom. The van der Waals surface area contributed by atoms with Gasteiger partial charge in [0.2, 0.25) is 5.95 Å². The fourth-order valence-corrected chi connectivity index (χ4v) is 1.83. The van der Waals surface area contributed by atoms with E-state index in [2.05, 4.69) is 20.6 Å². The Morgan fingerprint density at radius 1 is 1.11 bits per heavy atom. The minimum Gasteiger partial charge on any atom is -0.355 e. The number of aryl methyl sites for hydroxylation is 2. The van der Waals surface area contributed by atoms with Crippen molar-refractivity contribution in [3.63, 3.8) is 0 Å². The van der Waals surface area contributed by atoms with Crippen LogP contribution in [0.5, 0.6) is 0 Å². The molecule has 0 spiro atoms. The lowest BCUT2D eigenvalue weighted by Gasteiger charge is -2.10. The molecule has 98 valence electrons. The normalized spacial score (nSPS) is 10.1. The summed E-state index contributed by atoms with van der Waals surface area (Å²) in [5, 5.41) is 5.70. The van der Waals surface area contributed by atoms with Crippen LogP contribution in [-0.4, -0.2) is 22.9 Å². The van der Waals surface area contributed by atoms with Crippen LogP contribution < -0.4 is 10.6 Å². The molecule has 0 bridgehead atoms. The van der Waals surface area contributed by atoms with Crippen molar-refractivity contribution in [2.24, 2.45) is 0 Å². The largest absolute Gasteiger partial charge is 0.355 e. The molecule has 1 heterocycles. The molecule has 0 unspecified atom stereocenters. The van der Waals surface area contributed by atoms with Gasteiger partial charge in [0.15, 0.2) is 0 Å². The summed E-state index contributed by atoms with van der Waals surface area (Å²) < 4.78 is 0. The third-order valence-corrected chi connectivity index (χ3v) is 2.63. The van der Waals surface area contributed by atoms with Crippen molar-refractivity contribution in [1.82, 2.24) is 15.3 Å². The van der Waals surface area contributed by atoms with E-state index in [1.54, 1.807) is 13.1 Å². The van der Waals surface area contributed by atoms with Gasteiger partial charge in [-0.1, -0.05) is 12.1 Å². The maximum atomic E-state index is 11.8. The van der Waals surface area contributed by atoms with Crippen LogP contribution in [0.2, 0.25) is 0 Å². The van der Waals surface area contributed by atoms with Crippen LogP contribution in [-0.2, 0) is 0 Å². The quantitative estimate of drug-likeness (QED) is 0.883. The summed E-state index contributed by atoms with van der Waals surface area (Å²) in [5.74, 6) is 0.348. The number of aromatic nitrogens is 2. The molecular formula is C14H16N4O. The number of benzene rings is 1. The summed E-state index contributed by atoms with van der Waals surface area (Å²) in [6.07, 6.45) is 0. The maximum absolute atomic E-state index is 11.8. The molecule has 2 aromatic rings. The minimum absolute atomic E-state index is 0.146. The van der Waals surface area contributed by atoms with Crippen molar-refractivity contribution in [3.05, 3.63) is 47.3 Å². The molecule has 0 aliphatic carbocycles. The Balaban J connectivity index is 2.35. The number of nitrogens with zero attached hydrogens (tertiary/aromatic N) is 2. The van der Waals surface area contributed by atoms with Gasteiger partial charge in [-0.25, -0.2) is 9.97 Å². The number of anilines is 2. The highest BCUT2D eigenvalue weighted by atomic mass is 16.1. The number of nitrogens with one attached hydrogen (secondary N) is 2. The highest BCUT2D eigenvalue weighted by molar-refractivity contribution is 5.99. The second kappa shape index (κ2) is 5.48. The molecule has 5 heteroatoms. The lowest BCUT2D eigenvalue weighted by Crippen LogP contribution is -2.19. The predicted octanol–water partition coefficient (Wildman–Crippen LogP) is 2.20. The first-order valence-electron chi connectivity index (χ1n) is 6.00. The van der Waals surface area contributed by atoms with E-state index in [1.165, 1.54) is 0 Å². The molecule has 5 nitrogen and oxygen atoms in total. The Kier molecular flexibility index (Phi) is 3.75. The monoisotopic (exact) mass is 256 g/mol. The smallest absolute Gasteiger partial charge is 0.253 e. The van der Waals surface area contributed by atoms with Crippen LogP contribution in [0.1, 0.15) is 21.7 Å². The summed E-state index contributed by atoms with van der Waals surface area (Å²) in [5.41, 5.74) is 3.01. The fraction of sp³-hybridized carbons (Fsp3) is 0.214. The summed E-state index contributed by atoms with van der Waals surface area (Å²) in [4.78, 5) is 20.4. The number of carbonyl (C=O) groups excluding carboxylic acids is 1. The van der Waals surface area contributed by atoms with Crippen molar-refractivity contribution in [1.29, 1.82) is 0 Å². The van der Waals surface area contributed by atoms with E-state index in [0.717, 1.165) is 11.4 Å². The van der Waals surface area contributed by atoms with Crippen LogP contribution >= 0.6 is 0 Å². The topological polar surface area (TPSA) is 66.9 Å². The third-order valence-electron chi connectivity index (χ3n) is 2.63. The van der Waals surface area contributed by atoms with Gasteiger partial charge in [-0.15, -0.1) is 0 Å². The molecule has 1 aromatic heterocycles. The summed E-state index contributed by atoms with van der Waals surface area (Å²) >= 11 is 0. The highest BCUT2D eigenvalue weighted by Gasteiger charge is 2.10. The van der Waals surface area contributed by atoms with Gasteiger partial charge in [-0.05, 0) is 32.0 Å². The van der Waals surface area contributed by atoms with Crippen LogP contribution in [0.25, 0.3) is 0 Å². The fourth-order valence-electron chi connectivity index (χ4n) is 1.83. The van der Waals surface area contributed by atoms with Gasteiger partial charge in [-0.3, -0.25) is 4.79 Å². The number of amides is 1. The average molecular weight is 256 g/mol. The van der Waals surface area contributed by atoms with Gasteiger partial charge in [0.25, 0.3) is 5.91 Å². The molecule has 2 N–H and O–H groups in total. The molecule has 0 aliphatic heterocycles. The zero-order valence-corrected chi connectivity index (χ0v) is 11.2. The molecule has 0 atom stereocenters. The first-order chi connectivity index (χ1) is 9.10. The number of hydrogen-bond donors (Lipinski definition) is 2. The zero-order chi connectivity index (χ0) is 13.8. The predicted molar refractivity (Wildman–Crippen MR) is 74.6 cm³/mol. The number of para-hydroxylation sites is 1. The molecule has 2 rings (SSSR count). The molecular weight excluding hydrogens is 240 g/mol. The van der Waals surface area contributed by atoms with Crippen LogP contribution in [0.3, 0.4) is 0 Å². The van der Waals surface area contributed by atoms with E-state index >= 15 is 0 Å². The van der Waals surface area contributed by atoms with Crippen LogP contribution in [0.15, 0.2) is 30.3 Å². The molecule has 0 saturated heterocycles. The third kappa shape index (κ3) is 3.07. The SMILES string of the molecule is CNC(=O)c1ccccc1Nc1nc(C)cc(C)n1. The molecule has 0 saturated carbocycles. The van der Waals surface area contributed by atoms with Gasteiger partial charge in [0.05, 0.1) is 11.3 Å². The Labute approximate surface area is 112 Å². The van der Waals surface area contributed by atoms with Crippen molar-refractivity contribution in [2.75, 3.05) is 12.4 Å². The van der Waals surface area contributed by atoms with Gasteiger partial charge in [-0.2, -0.15) is 0 Å². The van der Waals surface area contributed by atoms with Crippen molar-refractivity contribution < 1.29 is 4.79 Å². The van der Waals surface area contributed by atoms with Crippen LogP contribution in [0.4, 0.5) is 11.6 Å². The minimum atomic E-state index is -0.146. The standard InChI is InChI=1S/C14H16N4O/c1-9-8-10(2)17-14(16-9)18-12-7-5-4-6-11(12)13(19)15-3/h4-8H,1-3H3,(H,15,19)(H,16,17,18). The summed E-state index contributed by atoms with van der Waals surface area (Å²) in [6, 6.07) is 9.15. The second-order valence-electron chi connectivity index (χ2n) is 4.22.